The molecule has 6 nitrogen and oxygen atoms in total. The summed E-state index contributed by atoms with van der Waals surface area (Å²) < 4.78 is 0. The second kappa shape index (κ2) is 8.06. The smallest absolute Gasteiger partial charge is 0.159 e. The largest absolute Gasteiger partial charge is 0.384 e. The maximum Gasteiger partial charge on any atom is 0.159 e. The molecule has 0 spiro atoms. The van der Waals surface area contributed by atoms with Crippen LogP contribution in [0.25, 0.3) is 21.8 Å². The lowest BCUT2D eigenvalue weighted by Crippen LogP contribution is -2.05. The summed E-state index contributed by atoms with van der Waals surface area (Å²) >= 11 is 1.61. The molecule has 1 aromatic carbocycles. The second-order valence-electron chi connectivity index (χ2n) is 6.78. The zero-order chi connectivity index (χ0) is 20.3. The molecule has 0 fully saturated rings. The van der Waals surface area contributed by atoms with Crippen LogP contribution in [0.4, 0.5) is 0 Å². The van der Waals surface area contributed by atoms with Gasteiger partial charge in [-0.1, -0.05) is 24.3 Å². The summed E-state index contributed by atoms with van der Waals surface area (Å²) in [7, 11) is 0. The summed E-state index contributed by atoms with van der Waals surface area (Å²) in [5.74, 6) is 0.659. The molecule has 0 radical (unpaired) electrons. The summed E-state index contributed by atoms with van der Waals surface area (Å²) in [5, 5.41) is 19.5. The molecule has 1 aliphatic rings. The number of pyridine rings is 1. The molecule has 0 aliphatic carbocycles. The minimum atomic E-state index is -0.777. The summed E-state index contributed by atoms with van der Waals surface area (Å²) in [6.07, 6.45) is 8.64. The molecule has 5 rings (SSSR count). The maximum atomic E-state index is 11.2. The molecule has 4 heterocycles. The molecule has 4 aromatic rings. The SMILES string of the molecule is OC(c1ccc(-c2ncccn2)cc1)c1cc(-c2ccncc2)sc1C1=NN=CC1. The van der Waals surface area contributed by atoms with E-state index in [-0.39, 0.29) is 0 Å². The van der Waals surface area contributed by atoms with E-state index in [0.717, 1.165) is 37.7 Å². The highest BCUT2D eigenvalue weighted by atomic mass is 32.1. The van der Waals surface area contributed by atoms with Gasteiger partial charge in [0.1, 0.15) is 6.10 Å². The van der Waals surface area contributed by atoms with E-state index in [1.165, 1.54) is 0 Å². The van der Waals surface area contributed by atoms with Crippen molar-refractivity contribution in [3.8, 4) is 21.8 Å². The number of rotatable bonds is 5. The first-order valence-electron chi connectivity index (χ1n) is 9.48. The fraction of sp³-hybridized carbons (Fsp3) is 0.0870. The monoisotopic (exact) mass is 411 g/mol. The number of nitrogens with zero attached hydrogens (tertiary/aromatic N) is 5. The van der Waals surface area contributed by atoms with Crippen molar-refractivity contribution >= 4 is 23.3 Å². The lowest BCUT2D eigenvalue weighted by Gasteiger charge is -2.12. The van der Waals surface area contributed by atoms with Crippen molar-refractivity contribution in [3.05, 3.63) is 89.3 Å². The summed E-state index contributed by atoms with van der Waals surface area (Å²) in [6, 6.07) is 15.4. The van der Waals surface area contributed by atoms with Crippen LogP contribution in [0, 0.1) is 0 Å². The summed E-state index contributed by atoms with van der Waals surface area (Å²) in [4.78, 5) is 14.7. The average molecular weight is 411 g/mol. The predicted octanol–water partition coefficient (Wildman–Crippen LogP) is 4.53. The highest BCUT2D eigenvalue weighted by Gasteiger charge is 2.23. The normalized spacial score (nSPS) is 14.0. The van der Waals surface area contributed by atoms with Gasteiger partial charge in [-0.25, -0.2) is 9.97 Å². The van der Waals surface area contributed by atoms with E-state index in [9.17, 15) is 5.11 Å². The van der Waals surface area contributed by atoms with E-state index in [1.54, 1.807) is 48.4 Å². The number of benzene rings is 1. The van der Waals surface area contributed by atoms with Crippen LogP contribution in [0.15, 0.2) is 83.5 Å². The fourth-order valence-electron chi connectivity index (χ4n) is 3.35. The molecule has 1 unspecified atom stereocenters. The van der Waals surface area contributed by atoms with Gasteiger partial charge >= 0.3 is 0 Å². The van der Waals surface area contributed by atoms with Crippen LogP contribution in [-0.4, -0.2) is 32.0 Å². The van der Waals surface area contributed by atoms with Gasteiger partial charge in [-0.05, 0) is 35.4 Å². The van der Waals surface area contributed by atoms with E-state index in [0.29, 0.717) is 12.2 Å². The molecular weight excluding hydrogens is 394 g/mol. The van der Waals surface area contributed by atoms with Gasteiger partial charge in [0, 0.05) is 53.4 Å². The molecule has 30 heavy (non-hydrogen) atoms. The molecule has 146 valence electrons. The Morgan fingerprint density at radius 3 is 2.37 bits per heavy atom. The van der Waals surface area contributed by atoms with Crippen molar-refractivity contribution in [2.24, 2.45) is 10.2 Å². The predicted molar refractivity (Wildman–Crippen MR) is 119 cm³/mol. The Morgan fingerprint density at radius 2 is 1.67 bits per heavy atom. The highest BCUT2D eigenvalue weighted by Crippen LogP contribution is 2.38. The molecule has 1 N–H and O–H groups in total. The minimum absolute atomic E-state index is 0.659. The number of aromatic nitrogens is 3. The van der Waals surface area contributed by atoms with Crippen molar-refractivity contribution in [2.45, 2.75) is 12.5 Å². The topological polar surface area (TPSA) is 83.6 Å². The average Bonchev–Trinajstić information content (AvgIpc) is 3.50. The Balaban J connectivity index is 1.51. The Labute approximate surface area is 177 Å². The minimum Gasteiger partial charge on any atom is -0.384 e. The van der Waals surface area contributed by atoms with Crippen molar-refractivity contribution in [1.29, 1.82) is 0 Å². The van der Waals surface area contributed by atoms with Crippen LogP contribution in [0.5, 0.6) is 0 Å². The van der Waals surface area contributed by atoms with Crippen molar-refractivity contribution in [3.63, 3.8) is 0 Å². The van der Waals surface area contributed by atoms with Crippen LogP contribution >= 0.6 is 11.3 Å². The first-order chi connectivity index (χ1) is 14.8. The fourth-order valence-corrected chi connectivity index (χ4v) is 4.54. The lowest BCUT2D eigenvalue weighted by atomic mass is 9.98. The number of thiophene rings is 1. The van der Waals surface area contributed by atoms with E-state index < -0.39 is 6.10 Å². The van der Waals surface area contributed by atoms with Crippen LogP contribution in [0.2, 0.25) is 0 Å². The van der Waals surface area contributed by atoms with Gasteiger partial charge in [-0.2, -0.15) is 10.2 Å². The zero-order valence-corrected chi connectivity index (χ0v) is 16.7. The van der Waals surface area contributed by atoms with Crippen LogP contribution < -0.4 is 0 Å². The molecule has 1 aliphatic heterocycles. The number of aliphatic hydroxyl groups excluding tert-OH is 1. The molecule has 0 saturated carbocycles. The molecular formula is C23H17N5OS. The van der Waals surface area contributed by atoms with Gasteiger partial charge in [-0.15, -0.1) is 11.3 Å². The third-order valence-corrected chi connectivity index (χ3v) is 6.13. The summed E-state index contributed by atoms with van der Waals surface area (Å²) in [5.41, 5.74) is 4.48. The van der Waals surface area contributed by atoms with E-state index in [1.807, 2.05) is 42.5 Å². The van der Waals surface area contributed by atoms with Crippen LogP contribution in [0.3, 0.4) is 0 Å². The van der Waals surface area contributed by atoms with E-state index >= 15 is 0 Å². The molecule has 0 bridgehead atoms. The Morgan fingerprint density at radius 1 is 0.900 bits per heavy atom. The Bertz CT molecular complexity index is 1220. The van der Waals surface area contributed by atoms with Gasteiger partial charge < -0.3 is 5.11 Å². The van der Waals surface area contributed by atoms with Crippen LogP contribution in [0.1, 0.15) is 28.5 Å². The first-order valence-corrected chi connectivity index (χ1v) is 10.3. The lowest BCUT2D eigenvalue weighted by molar-refractivity contribution is 0.220. The zero-order valence-electron chi connectivity index (χ0n) is 15.9. The van der Waals surface area contributed by atoms with Crippen molar-refractivity contribution in [1.82, 2.24) is 15.0 Å². The van der Waals surface area contributed by atoms with Gasteiger partial charge in [0.05, 0.1) is 10.6 Å². The number of hydrogen-bond acceptors (Lipinski definition) is 7. The number of aliphatic hydroxyl groups is 1. The third kappa shape index (κ3) is 3.56. The molecule has 1 atom stereocenters. The maximum absolute atomic E-state index is 11.2. The molecule has 7 heteroatoms. The van der Waals surface area contributed by atoms with E-state index in [2.05, 4.69) is 25.2 Å². The standard InChI is InChI=1S/C23H17N5OS/c29-21(16-2-4-17(5-3-16)23-25-9-1-10-26-23)18-14-20(15-6-11-24-12-7-15)30-22(18)19-8-13-27-28-19/h1-7,9-14,21,29H,8H2. The summed E-state index contributed by atoms with van der Waals surface area (Å²) in [6.45, 7) is 0. The van der Waals surface area contributed by atoms with Crippen LogP contribution in [-0.2, 0) is 0 Å². The van der Waals surface area contributed by atoms with Gasteiger partial charge in [0.25, 0.3) is 0 Å². The van der Waals surface area contributed by atoms with Crippen molar-refractivity contribution in [2.75, 3.05) is 0 Å². The quantitative estimate of drug-likeness (QED) is 0.523. The van der Waals surface area contributed by atoms with E-state index in [4.69, 9.17) is 0 Å². The van der Waals surface area contributed by atoms with Gasteiger partial charge in [0.15, 0.2) is 5.82 Å². The van der Waals surface area contributed by atoms with Gasteiger partial charge in [-0.3, -0.25) is 4.98 Å². The Kier molecular flexibility index (Phi) is 4.96. The first kappa shape index (κ1) is 18.5. The third-order valence-electron chi connectivity index (χ3n) is 4.88. The van der Waals surface area contributed by atoms with Gasteiger partial charge in [0.2, 0.25) is 0 Å². The molecule has 0 saturated heterocycles. The second-order valence-corrected chi connectivity index (χ2v) is 7.83. The number of hydrogen-bond donors (Lipinski definition) is 1. The van der Waals surface area contributed by atoms with Crippen molar-refractivity contribution < 1.29 is 5.11 Å². The Hall–Kier alpha value is -3.55. The molecule has 3 aromatic heterocycles. The molecule has 0 amide bonds. The highest BCUT2D eigenvalue weighted by molar-refractivity contribution is 7.17.